The van der Waals surface area contributed by atoms with E-state index in [0.29, 0.717) is 0 Å². The van der Waals surface area contributed by atoms with E-state index in [0.717, 1.165) is 12.3 Å². The van der Waals surface area contributed by atoms with Gasteiger partial charge < -0.3 is 54.0 Å². The van der Waals surface area contributed by atoms with E-state index in [1.807, 2.05) is 0 Å². The van der Waals surface area contributed by atoms with Crippen LogP contribution in [0.2, 0.25) is 0 Å². The number of phenols is 2. The van der Waals surface area contributed by atoms with Gasteiger partial charge in [0.15, 0.2) is 6.29 Å². The molecule has 13 nitrogen and oxygen atoms in total. The maximum atomic E-state index is 13.4. The Labute approximate surface area is 220 Å². The van der Waals surface area contributed by atoms with Crippen molar-refractivity contribution < 1.29 is 58.8 Å². The van der Waals surface area contributed by atoms with Crippen LogP contribution in [0.25, 0.3) is 11.0 Å². The molecule has 3 aliphatic rings. The van der Waals surface area contributed by atoms with Crippen molar-refractivity contribution in [2.45, 2.75) is 56.4 Å². The fourth-order valence-electron chi connectivity index (χ4n) is 5.34. The maximum absolute atomic E-state index is 13.4. The minimum atomic E-state index is -1.68. The van der Waals surface area contributed by atoms with E-state index in [1.165, 1.54) is 19.1 Å². The van der Waals surface area contributed by atoms with Crippen molar-refractivity contribution in [3.63, 3.8) is 0 Å². The van der Waals surface area contributed by atoms with Gasteiger partial charge in [0.2, 0.25) is 11.7 Å². The first-order valence-electron chi connectivity index (χ1n) is 12.2. The van der Waals surface area contributed by atoms with Gasteiger partial charge in [0, 0.05) is 24.0 Å². The average Bonchev–Trinajstić information content (AvgIpc) is 2.88. The van der Waals surface area contributed by atoms with Crippen molar-refractivity contribution >= 4 is 16.9 Å². The number of fused-ring (bicyclic) bond motifs is 2. The van der Waals surface area contributed by atoms with Gasteiger partial charge in [0.25, 0.3) is 0 Å². The van der Waals surface area contributed by atoms with Crippen LogP contribution in [-0.2, 0) is 23.7 Å². The molecule has 6 N–H and O–H groups in total. The zero-order chi connectivity index (χ0) is 28.2. The number of hydrogen-bond donors (Lipinski definition) is 6. The summed E-state index contributed by atoms with van der Waals surface area (Å²) in [7, 11) is 0. The lowest BCUT2D eigenvalue weighted by Crippen LogP contribution is -2.60. The minimum absolute atomic E-state index is 0.0107. The SMILES string of the molecule is C=CC1C(OC2OC(CO)C(O)C(O)C2O)OC=C2C(=O)OC(c3c(C)oc4cc(O)cc(O)c4c3=O)CC21. The molecule has 39 heavy (non-hydrogen) atoms. The van der Waals surface area contributed by atoms with Crippen molar-refractivity contribution in [1.82, 2.24) is 0 Å². The van der Waals surface area contributed by atoms with Crippen molar-refractivity contribution in [2.24, 2.45) is 11.8 Å². The third-order valence-corrected chi connectivity index (χ3v) is 7.35. The molecule has 1 aromatic heterocycles. The molecule has 0 saturated carbocycles. The minimum Gasteiger partial charge on any atom is -0.508 e. The number of phenolic OH excluding ortho intramolecular Hbond substituents is 2. The number of ether oxygens (including phenoxy) is 4. The van der Waals surface area contributed by atoms with E-state index in [9.17, 15) is 40.2 Å². The highest BCUT2D eigenvalue weighted by Crippen LogP contribution is 2.45. The third kappa shape index (κ3) is 4.56. The van der Waals surface area contributed by atoms with Gasteiger partial charge in [0.05, 0.1) is 24.0 Å². The first kappa shape index (κ1) is 27.1. The Balaban J connectivity index is 1.45. The quantitative estimate of drug-likeness (QED) is 0.215. The molecule has 0 amide bonds. The number of aliphatic hydroxyl groups is 4. The summed E-state index contributed by atoms with van der Waals surface area (Å²) >= 11 is 0. The number of aromatic hydroxyl groups is 2. The van der Waals surface area contributed by atoms with Crippen molar-refractivity contribution in [2.75, 3.05) is 6.61 Å². The Bertz CT molecular complexity index is 1380. The second-order valence-electron chi connectivity index (χ2n) is 9.70. The number of cyclic esters (lactones) is 1. The molecule has 1 aromatic carbocycles. The largest absolute Gasteiger partial charge is 0.508 e. The van der Waals surface area contributed by atoms with Gasteiger partial charge in [0.1, 0.15) is 58.7 Å². The first-order chi connectivity index (χ1) is 18.5. The number of aliphatic hydroxyl groups excluding tert-OH is 4. The van der Waals surface area contributed by atoms with Crippen LogP contribution >= 0.6 is 0 Å². The molecule has 0 bridgehead atoms. The van der Waals surface area contributed by atoms with Gasteiger partial charge >= 0.3 is 5.97 Å². The maximum Gasteiger partial charge on any atom is 0.338 e. The number of hydrogen-bond acceptors (Lipinski definition) is 13. The average molecular weight is 548 g/mol. The Hall–Kier alpha value is -3.46. The van der Waals surface area contributed by atoms with E-state index in [2.05, 4.69) is 6.58 Å². The molecule has 210 valence electrons. The van der Waals surface area contributed by atoms with Crippen LogP contribution in [0.5, 0.6) is 11.5 Å². The van der Waals surface area contributed by atoms with E-state index < -0.39 is 78.7 Å². The van der Waals surface area contributed by atoms with Crippen LogP contribution in [0.1, 0.15) is 23.8 Å². The topological polar surface area (TPSA) is 206 Å². The monoisotopic (exact) mass is 548 g/mol. The van der Waals surface area contributed by atoms with Crippen LogP contribution in [0.3, 0.4) is 0 Å². The lowest BCUT2D eigenvalue weighted by Gasteiger charge is -2.44. The molecule has 4 heterocycles. The van der Waals surface area contributed by atoms with Crippen LogP contribution in [0.4, 0.5) is 0 Å². The molecule has 0 aliphatic carbocycles. The fraction of sp³-hybridized carbons (Fsp3) is 0.462. The molecule has 2 aromatic rings. The van der Waals surface area contributed by atoms with Gasteiger partial charge in [-0.3, -0.25) is 4.79 Å². The summed E-state index contributed by atoms with van der Waals surface area (Å²) in [5.41, 5.74) is -0.505. The molecule has 2 fully saturated rings. The summed E-state index contributed by atoms with van der Waals surface area (Å²) in [6, 6.07) is 2.19. The zero-order valence-corrected chi connectivity index (χ0v) is 20.7. The Morgan fingerprint density at radius 3 is 2.54 bits per heavy atom. The summed E-state index contributed by atoms with van der Waals surface area (Å²) in [4.78, 5) is 26.4. The molecule has 9 unspecified atom stereocenters. The number of esters is 1. The molecule has 3 aliphatic heterocycles. The standard InChI is InChI=1S/C26H28O13/c1-3-11-12-6-16(18-9(2)36-15-5-10(28)4-14(29)19(15)21(18)31)37-24(34)13(12)8-35-25(11)39-26-23(33)22(32)20(30)17(7-27)38-26/h3-5,8,11-12,16-17,20,22-23,25-30,32-33H,1,6-7H2,2H3. The molecular weight excluding hydrogens is 520 g/mol. The molecule has 5 rings (SSSR count). The number of aryl methyl sites for hydroxylation is 1. The molecule has 2 saturated heterocycles. The molecule has 9 atom stereocenters. The van der Waals surface area contributed by atoms with E-state index in [4.69, 9.17) is 23.4 Å². The normalized spacial score (nSPS) is 34.5. The fourth-order valence-corrected chi connectivity index (χ4v) is 5.34. The summed E-state index contributed by atoms with van der Waals surface area (Å²) in [5, 5.41) is 59.8. The number of rotatable bonds is 5. The predicted molar refractivity (Wildman–Crippen MR) is 129 cm³/mol. The second-order valence-corrected chi connectivity index (χ2v) is 9.70. The summed E-state index contributed by atoms with van der Waals surface area (Å²) in [5.74, 6) is -2.80. The van der Waals surface area contributed by atoms with Crippen LogP contribution in [-0.4, -0.2) is 80.2 Å². The van der Waals surface area contributed by atoms with Crippen LogP contribution in [0.15, 0.2) is 45.8 Å². The number of carbonyl (C=O) groups excluding carboxylic acids is 1. The Morgan fingerprint density at radius 2 is 1.85 bits per heavy atom. The van der Waals surface area contributed by atoms with E-state index in [-0.39, 0.29) is 40.0 Å². The molecule has 0 spiro atoms. The Morgan fingerprint density at radius 1 is 1.10 bits per heavy atom. The van der Waals surface area contributed by atoms with Crippen molar-refractivity contribution in [3.8, 4) is 11.5 Å². The molecule has 13 heteroatoms. The van der Waals surface area contributed by atoms with Gasteiger partial charge in [-0.25, -0.2) is 4.79 Å². The van der Waals surface area contributed by atoms with Gasteiger partial charge in [-0.05, 0) is 13.3 Å². The summed E-state index contributed by atoms with van der Waals surface area (Å²) < 4.78 is 28.0. The lowest BCUT2D eigenvalue weighted by molar-refractivity contribution is -0.339. The summed E-state index contributed by atoms with van der Waals surface area (Å²) in [6.45, 7) is 4.65. The molecular formula is C26H28O13. The number of carbonyl (C=O) groups is 1. The molecule has 0 radical (unpaired) electrons. The highest BCUT2D eigenvalue weighted by atomic mass is 16.8. The zero-order valence-electron chi connectivity index (χ0n) is 20.7. The van der Waals surface area contributed by atoms with E-state index in [1.54, 1.807) is 0 Å². The van der Waals surface area contributed by atoms with Gasteiger partial charge in [-0.2, -0.15) is 0 Å². The smallest absolute Gasteiger partial charge is 0.338 e. The van der Waals surface area contributed by atoms with Crippen molar-refractivity contribution in [1.29, 1.82) is 0 Å². The van der Waals surface area contributed by atoms with Gasteiger partial charge in [-0.1, -0.05) is 6.08 Å². The van der Waals surface area contributed by atoms with Gasteiger partial charge in [-0.15, -0.1) is 6.58 Å². The lowest BCUT2D eigenvalue weighted by atomic mass is 9.77. The van der Waals surface area contributed by atoms with Crippen molar-refractivity contribution in [3.05, 3.63) is 58.2 Å². The Kier molecular flexibility index (Phi) is 7.13. The highest BCUT2D eigenvalue weighted by molar-refractivity contribution is 5.90. The highest BCUT2D eigenvalue weighted by Gasteiger charge is 2.49. The second kappa shape index (κ2) is 10.3. The first-order valence-corrected chi connectivity index (χ1v) is 12.2. The predicted octanol–water partition coefficient (Wildman–Crippen LogP) is -0.0243. The van der Waals surface area contributed by atoms with Crippen LogP contribution < -0.4 is 5.43 Å². The van der Waals surface area contributed by atoms with Crippen LogP contribution in [0, 0.1) is 18.8 Å². The van der Waals surface area contributed by atoms with E-state index >= 15 is 0 Å². The summed E-state index contributed by atoms with van der Waals surface area (Å²) in [6.07, 6.45) is -7.20. The number of benzene rings is 1. The third-order valence-electron chi connectivity index (χ3n) is 7.35.